The summed E-state index contributed by atoms with van der Waals surface area (Å²) < 4.78 is 30.4. The van der Waals surface area contributed by atoms with Gasteiger partial charge in [-0.25, -0.2) is 4.39 Å². The molecule has 2 aliphatic heterocycles. The van der Waals surface area contributed by atoms with Crippen LogP contribution < -0.4 is 14.8 Å². The molecule has 28 heavy (non-hydrogen) atoms. The Bertz CT molecular complexity index is 852. The summed E-state index contributed by atoms with van der Waals surface area (Å²) in [5.41, 5.74) is 1.17. The van der Waals surface area contributed by atoms with Gasteiger partial charge in [-0.1, -0.05) is 23.7 Å². The van der Waals surface area contributed by atoms with E-state index < -0.39 is 0 Å². The molecule has 7 heteroatoms. The Morgan fingerprint density at radius 1 is 1.11 bits per heavy atom. The van der Waals surface area contributed by atoms with Crippen molar-refractivity contribution >= 4 is 17.5 Å². The summed E-state index contributed by atoms with van der Waals surface area (Å²) in [6.45, 7) is 1.67. The number of rotatable bonds is 4. The lowest BCUT2D eigenvalue weighted by molar-refractivity contribution is 0.0672. The van der Waals surface area contributed by atoms with Crippen molar-refractivity contribution in [1.29, 1.82) is 0 Å². The molecule has 2 aromatic carbocycles. The van der Waals surface area contributed by atoms with E-state index in [4.69, 9.17) is 25.8 Å². The van der Waals surface area contributed by atoms with Gasteiger partial charge in [0.15, 0.2) is 11.5 Å². The minimum absolute atomic E-state index is 0.162. The van der Waals surface area contributed by atoms with E-state index in [9.17, 15) is 9.18 Å². The van der Waals surface area contributed by atoms with E-state index in [2.05, 4.69) is 5.32 Å². The maximum atomic E-state index is 13.3. The number of carbonyl (C=O) groups is 1. The van der Waals surface area contributed by atoms with E-state index in [1.54, 1.807) is 24.3 Å². The molecule has 0 bridgehead atoms. The predicted molar refractivity (Wildman–Crippen MR) is 103 cm³/mol. The second-order valence-electron chi connectivity index (χ2n) is 6.89. The molecule has 1 amide bonds. The second-order valence-corrected chi connectivity index (χ2v) is 7.30. The molecule has 0 spiro atoms. The van der Waals surface area contributed by atoms with Crippen LogP contribution >= 0.6 is 11.6 Å². The molecule has 1 N–H and O–H groups in total. The highest BCUT2D eigenvalue weighted by Gasteiger charge is 2.29. The number of carbonyl (C=O) groups excluding carboxylic acids is 1. The van der Waals surface area contributed by atoms with Crippen molar-refractivity contribution in [2.45, 2.75) is 31.4 Å². The molecule has 5 nitrogen and oxygen atoms in total. The molecule has 2 heterocycles. The second kappa shape index (κ2) is 8.37. The van der Waals surface area contributed by atoms with Gasteiger partial charge in [0.1, 0.15) is 5.82 Å². The Kier molecular flexibility index (Phi) is 5.69. The molecule has 0 radical (unpaired) electrons. The lowest BCUT2D eigenvalue weighted by Gasteiger charge is -2.25. The fourth-order valence-electron chi connectivity index (χ4n) is 3.51. The van der Waals surface area contributed by atoms with Gasteiger partial charge in [0, 0.05) is 18.6 Å². The molecule has 148 valence electrons. The fraction of sp³-hybridized carbons (Fsp3) is 0.381. The molecule has 2 aromatic rings. The van der Waals surface area contributed by atoms with Crippen molar-refractivity contribution in [2.75, 3.05) is 19.8 Å². The predicted octanol–water partition coefficient (Wildman–Crippen LogP) is 4.29. The van der Waals surface area contributed by atoms with Crippen molar-refractivity contribution < 1.29 is 23.4 Å². The van der Waals surface area contributed by atoms with E-state index in [1.165, 1.54) is 12.1 Å². The smallest absolute Gasteiger partial charge is 0.252 e. The standard InChI is InChI=1S/C21H21ClFNO4/c22-16-11-14(12-18-20(16)28-10-2-9-27-18)21(25)24-19(17-3-1-8-26-17)13-4-6-15(23)7-5-13/h4-7,11-12,17,19H,1-3,8-10H2,(H,24,25)/t17-,19+/m0/s1. The highest BCUT2D eigenvalue weighted by atomic mass is 35.5. The monoisotopic (exact) mass is 405 g/mol. The van der Waals surface area contributed by atoms with Crippen molar-refractivity contribution in [3.63, 3.8) is 0 Å². The maximum Gasteiger partial charge on any atom is 0.252 e. The van der Waals surface area contributed by atoms with Crippen molar-refractivity contribution in [2.24, 2.45) is 0 Å². The minimum Gasteiger partial charge on any atom is -0.489 e. The zero-order valence-electron chi connectivity index (χ0n) is 15.3. The number of hydrogen-bond donors (Lipinski definition) is 1. The zero-order valence-corrected chi connectivity index (χ0v) is 16.0. The summed E-state index contributed by atoms with van der Waals surface area (Å²) in [4.78, 5) is 13.0. The molecular weight excluding hydrogens is 385 g/mol. The Morgan fingerprint density at radius 3 is 2.64 bits per heavy atom. The van der Waals surface area contributed by atoms with Crippen LogP contribution in [0.15, 0.2) is 36.4 Å². The SMILES string of the molecule is O=C(N[C@H](c1ccc(F)cc1)[C@@H]1CCCO1)c1cc(Cl)c2c(c1)OCCCO2. The van der Waals surface area contributed by atoms with Crippen molar-refractivity contribution in [3.05, 3.63) is 58.4 Å². The Hall–Kier alpha value is -2.31. The van der Waals surface area contributed by atoms with Crippen LogP contribution in [0, 0.1) is 5.82 Å². The number of ether oxygens (including phenoxy) is 3. The van der Waals surface area contributed by atoms with Gasteiger partial charge in [0.05, 0.1) is 30.4 Å². The molecule has 1 fully saturated rings. The van der Waals surface area contributed by atoms with Gasteiger partial charge < -0.3 is 19.5 Å². The Balaban J connectivity index is 1.60. The van der Waals surface area contributed by atoms with Crippen LogP contribution in [-0.4, -0.2) is 31.8 Å². The lowest BCUT2D eigenvalue weighted by Crippen LogP contribution is -2.36. The third-order valence-electron chi connectivity index (χ3n) is 4.92. The van der Waals surface area contributed by atoms with Crippen LogP contribution in [0.3, 0.4) is 0 Å². The minimum atomic E-state index is -0.384. The molecule has 2 atom stereocenters. The van der Waals surface area contributed by atoms with E-state index in [1.807, 2.05) is 0 Å². The van der Waals surface area contributed by atoms with Gasteiger partial charge in [0.25, 0.3) is 5.91 Å². The van der Waals surface area contributed by atoms with Crippen molar-refractivity contribution in [1.82, 2.24) is 5.32 Å². The van der Waals surface area contributed by atoms with Gasteiger partial charge in [-0.2, -0.15) is 0 Å². The molecule has 0 aliphatic carbocycles. The molecule has 0 unspecified atom stereocenters. The van der Waals surface area contributed by atoms with Crippen LogP contribution in [0.2, 0.25) is 5.02 Å². The van der Waals surface area contributed by atoms with E-state index in [0.717, 1.165) is 24.8 Å². The topological polar surface area (TPSA) is 56.8 Å². The number of benzene rings is 2. The van der Waals surface area contributed by atoms with Crippen LogP contribution in [0.5, 0.6) is 11.5 Å². The number of halogens is 2. The van der Waals surface area contributed by atoms with Gasteiger partial charge in [-0.15, -0.1) is 0 Å². The van der Waals surface area contributed by atoms with E-state index in [0.29, 0.717) is 41.9 Å². The Labute approximate surface area is 167 Å². The van der Waals surface area contributed by atoms with Gasteiger partial charge in [0.2, 0.25) is 0 Å². The third kappa shape index (κ3) is 4.08. The van der Waals surface area contributed by atoms with E-state index in [-0.39, 0.29) is 23.9 Å². The lowest BCUT2D eigenvalue weighted by atomic mass is 9.98. The highest BCUT2D eigenvalue weighted by molar-refractivity contribution is 6.32. The summed E-state index contributed by atoms with van der Waals surface area (Å²) >= 11 is 6.31. The van der Waals surface area contributed by atoms with Crippen LogP contribution in [0.25, 0.3) is 0 Å². The number of amides is 1. The maximum absolute atomic E-state index is 13.3. The summed E-state index contributed by atoms with van der Waals surface area (Å²) in [6, 6.07) is 8.93. The van der Waals surface area contributed by atoms with E-state index >= 15 is 0 Å². The average molecular weight is 406 g/mol. The van der Waals surface area contributed by atoms with Crippen LogP contribution in [0.1, 0.15) is 41.2 Å². The van der Waals surface area contributed by atoms with Gasteiger partial charge >= 0.3 is 0 Å². The molecular formula is C21H21ClFNO4. The molecule has 2 aliphatic rings. The quantitative estimate of drug-likeness (QED) is 0.824. The first-order valence-electron chi connectivity index (χ1n) is 9.39. The van der Waals surface area contributed by atoms with Crippen LogP contribution in [-0.2, 0) is 4.74 Å². The van der Waals surface area contributed by atoms with Gasteiger partial charge in [-0.05, 0) is 42.7 Å². The number of fused-ring (bicyclic) bond motifs is 1. The van der Waals surface area contributed by atoms with Gasteiger partial charge in [-0.3, -0.25) is 4.79 Å². The average Bonchev–Trinajstić information content (AvgIpc) is 3.11. The molecule has 4 rings (SSSR count). The first-order chi connectivity index (χ1) is 13.6. The first kappa shape index (κ1) is 19.0. The molecule has 0 saturated carbocycles. The number of hydrogen-bond acceptors (Lipinski definition) is 4. The zero-order chi connectivity index (χ0) is 19.5. The van der Waals surface area contributed by atoms with Crippen molar-refractivity contribution in [3.8, 4) is 11.5 Å². The largest absolute Gasteiger partial charge is 0.489 e. The summed E-state index contributed by atoms with van der Waals surface area (Å²) in [7, 11) is 0. The summed E-state index contributed by atoms with van der Waals surface area (Å²) in [6.07, 6.45) is 2.33. The molecule has 1 saturated heterocycles. The normalized spacial score (nSPS) is 19.7. The fourth-order valence-corrected chi connectivity index (χ4v) is 3.78. The molecule has 0 aromatic heterocycles. The number of nitrogens with one attached hydrogen (secondary N) is 1. The first-order valence-corrected chi connectivity index (χ1v) is 9.77. The summed E-state index contributed by atoms with van der Waals surface area (Å²) in [5, 5.41) is 3.35. The van der Waals surface area contributed by atoms with Crippen LogP contribution in [0.4, 0.5) is 4.39 Å². The third-order valence-corrected chi connectivity index (χ3v) is 5.20. The highest BCUT2D eigenvalue weighted by Crippen LogP contribution is 2.38. The Morgan fingerprint density at radius 2 is 1.89 bits per heavy atom. The summed E-state index contributed by atoms with van der Waals surface area (Å²) in [5.74, 6) is 0.300.